The molecule has 1 heterocycles. The Hall–Kier alpha value is -1.22. The Kier molecular flexibility index (Phi) is 3.67. The lowest BCUT2D eigenvalue weighted by Crippen LogP contribution is -2.21. The van der Waals surface area contributed by atoms with Gasteiger partial charge in [-0.15, -0.1) is 0 Å². The molecular formula is C13H19NO2. The van der Waals surface area contributed by atoms with Gasteiger partial charge in [-0.1, -0.05) is 0 Å². The van der Waals surface area contributed by atoms with E-state index in [-0.39, 0.29) is 0 Å². The maximum absolute atomic E-state index is 5.77. The van der Waals surface area contributed by atoms with Crippen LogP contribution in [-0.2, 0) is 4.74 Å². The van der Waals surface area contributed by atoms with Crippen LogP contribution in [0.4, 0.5) is 5.69 Å². The molecule has 3 heteroatoms. The van der Waals surface area contributed by atoms with Gasteiger partial charge in [0, 0.05) is 18.9 Å². The minimum absolute atomic E-state index is 0.631. The highest BCUT2D eigenvalue weighted by Crippen LogP contribution is 2.21. The van der Waals surface area contributed by atoms with Gasteiger partial charge in [-0.25, -0.2) is 0 Å². The third-order valence-corrected chi connectivity index (χ3v) is 3.07. The molecule has 0 unspecified atom stereocenters. The van der Waals surface area contributed by atoms with Crippen LogP contribution >= 0.6 is 0 Å². The Labute approximate surface area is 96.5 Å². The van der Waals surface area contributed by atoms with Crippen molar-refractivity contribution in [2.75, 3.05) is 25.6 Å². The van der Waals surface area contributed by atoms with E-state index in [2.05, 4.69) is 0 Å². The third-order valence-electron chi connectivity index (χ3n) is 3.07. The van der Waals surface area contributed by atoms with E-state index in [1.807, 2.05) is 25.1 Å². The second-order valence-corrected chi connectivity index (χ2v) is 4.39. The zero-order chi connectivity index (χ0) is 11.4. The van der Waals surface area contributed by atoms with Gasteiger partial charge in [-0.2, -0.15) is 0 Å². The van der Waals surface area contributed by atoms with Crippen molar-refractivity contribution in [3.05, 3.63) is 23.8 Å². The molecule has 2 rings (SSSR count). The molecule has 1 aromatic rings. The quantitative estimate of drug-likeness (QED) is 0.797. The average molecular weight is 221 g/mol. The first-order valence-electron chi connectivity index (χ1n) is 5.82. The minimum atomic E-state index is 0.631. The number of aryl methyl sites for hydroxylation is 1. The van der Waals surface area contributed by atoms with Crippen LogP contribution in [0.3, 0.4) is 0 Å². The van der Waals surface area contributed by atoms with Gasteiger partial charge in [-0.05, 0) is 49.4 Å². The molecule has 88 valence electrons. The summed E-state index contributed by atoms with van der Waals surface area (Å²) in [6.07, 6.45) is 2.21. The second-order valence-electron chi connectivity index (χ2n) is 4.39. The molecular weight excluding hydrogens is 202 g/mol. The maximum atomic E-state index is 5.77. The summed E-state index contributed by atoms with van der Waals surface area (Å²) in [5.74, 6) is 1.55. The summed E-state index contributed by atoms with van der Waals surface area (Å²) in [7, 11) is 0. The first kappa shape index (κ1) is 11.3. The van der Waals surface area contributed by atoms with Crippen molar-refractivity contribution in [1.29, 1.82) is 0 Å². The summed E-state index contributed by atoms with van der Waals surface area (Å²) < 4.78 is 11.1. The number of hydrogen-bond acceptors (Lipinski definition) is 3. The monoisotopic (exact) mass is 221 g/mol. The van der Waals surface area contributed by atoms with Crippen LogP contribution in [0.5, 0.6) is 5.75 Å². The highest BCUT2D eigenvalue weighted by molar-refractivity contribution is 5.49. The Balaban J connectivity index is 1.86. The Morgan fingerprint density at radius 3 is 2.81 bits per heavy atom. The molecule has 0 radical (unpaired) electrons. The SMILES string of the molecule is Cc1cc(OCC2CCOCC2)ccc1N. The number of rotatable bonds is 3. The number of nitrogens with two attached hydrogens (primary N) is 1. The van der Waals surface area contributed by atoms with E-state index in [1.165, 1.54) is 0 Å². The van der Waals surface area contributed by atoms with Crippen LogP contribution < -0.4 is 10.5 Å². The standard InChI is InChI=1S/C13H19NO2/c1-10-8-12(2-3-13(10)14)16-9-11-4-6-15-7-5-11/h2-3,8,11H,4-7,9,14H2,1H3. The van der Waals surface area contributed by atoms with Gasteiger partial charge >= 0.3 is 0 Å². The molecule has 3 nitrogen and oxygen atoms in total. The van der Waals surface area contributed by atoms with Crippen LogP contribution in [0, 0.1) is 12.8 Å². The highest BCUT2D eigenvalue weighted by Gasteiger charge is 2.14. The number of ether oxygens (including phenoxy) is 2. The molecule has 1 aromatic carbocycles. The summed E-state index contributed by atoms with van der Waals surface area (Å²) in [4.78, 5) is 0. The van der Waals surface area contributed by atoms with Gasteiger partial charge in [0.1, 0.15) is 5.75 Å². The van der Waals surface area contributed by atoms with Crippen LogP contribution in [0.15, 0.2) is 18.2 Å². The van der Waals surface area contributed by atoms with Crippen molar-refractivity contribution in [3.8, 4) is 5.75 Å². The molecule has 0 atom stereocenters. The molecule has 0 aromatic heterocycles. The first-order chi connectivity index (χ1) is 7.75. The largest absolute Gasteiger partial charge is 0.493 e. The predicted molar refractivity (Wildman–Crippen MR) is 64.6 cm³/mol. The fraction of sp³-hybridized carbons (Fsp3) is 0.538. The normalized spacial score (nSPS) is 17.3. The maximum Gasteiger partial charge on any atom is 0.119 e. The van der Waals surface area contributed by atoms with E-state index in [1.54, 1.807) is 0 Å². The van der Waals surface area contributed by atoms with Crippen LogP contribution in [0.25, 0.3) is 0 Å². The Morgan fingerprint density at radius 1 is 1.38 bits per heavy atom. The molecule has 0 saturated carbocycles. The van der Waals surface area contributed by atoms with Crippen molar-refractivity contribution in [1.82, 2.24) is 0 Å². The lowest BCUT2D eigenvalue weighted by atomic mass is 10.0. The van der Waals surface area contributed by atoms with Crippen molar-refractivity contribution in [3.63, 3.8) is 0 Å². The van der Waals surface area contributed by atoms with E-state index < -0.39 is 0 Å². The van der Waals surface area contributed by atoms with Crippen molar-refractivity contribution < 1.29 is 9.47 Å². The van der Waals surface area contributed by atoms with Crippen molar-refractivity contribution in [2.45, 2.75) is 19.8 Å². The highest BCUT2D eigenvalue weighted by atomic mass is 16.5. The molecule has 1 saturated heterocycles. The third kappa shape index (κ3) is 2.89. The molecule has 0 spiro atoms. The lowest BCUT2D eigenvalue weighted by molar-refractivity contribution is 0.0497. The van der Waals surface area contributed by atoms with E-state index in [4.69, 9.17) is 15.2 Å². The fourth-order valence-corrected chi connectivity index (χ4v) is 1.87. The smallest absolute Gasteiger partial charge is 0.119 e. The summed E-state index contributed by atoms with van der Waals surface area (Å²) in [5.41, 5.74) is 7.65. The zero-order valence-corrected chi connectivity index (χ0v) is 9.74. The summed E-state index contributed by atoms with van der Waals surface area (Å²) in [6, 6.07) is 5.82. The molecule has 16 heavy (non-hydrogen) atoms. The van der Waals surface area contributed by atoms with Gasteiger partial charge in [-0.3, -0.25) is 0 Å². The number of hydrogen-bond donors (Lipinski definition) is 1. The minimum Gasteiger partial charge on any atom is -0.493 e. The van der Waals surface area contributed by atoms with Crippen molar-refractivity contribution >= 4 is 5.69 Å². The Morgan fingerprint density at radius 2 is 2.12 bits per heavy atom. The van der Waals surface area contributed by atoms with Crippen LogP contribution in [0.2, 0.25) is 0 Å². The molecule has 2 N–H and O–H groups in total. The lowest BCUT2D eigenvalue weighted by Gasteiger charge is -2.22. The number of nitrogen functional groups attached to an aromatic ring is 1. The second kappa shape index (κ2) is 5.21. The molecule has 1 fully saturated rings. The fourth-order valence-electron chi connectivity index (χ4n) is 1.87. The predicted octanol–water partition coefficient (Wildman–Crippen LogP) is 2.38. The van der Waals surface area contributed by atoms with E-state index >= 15 is 0 Å². The molecule has 1 aliphatic rings. The summed E-state index contributed by atoms with van der Waals surface area (Å²) >= 11 is 0. The van der Waals surface area contributed by atoms with Gasteiger partial charge < -0.3 is 15.2 Å². The van der Waals surface area contributed by atoms with Crippen molar-refractivity contribution in [2.24, 2.45) is 5.92 Å². The number of benzene rings is 1. The van der Waals surface area contributed by atoms with E-state index in [0.29, 0.717) is 5.92 Å². The van der Waals surface area contributed by atoms with Crippen LogP contribution in [-0.4, -0.2) is 19.8 Å². The van der Waals surface area contributed by atoms with E-state index in [0.717, 1.165) is 49.7 Å². The zero-order valence-electron chi connectivity index (χ0n) is 9.74. The molecule has 1 aliphatic heterocycles. The first-order valence-corrected chi connectivity index (χ1v) is 5.82. The molecule has 0 amide bonds. The summed E-state index contributed by atoms with van der Waals surface area (Å²) in [6.45, 7) is 4.52. The van der Waals surface area contributed by atoms with Crippen LogP contribution in [0.1, 0.15) is 18.4 Å². The van der Waals surface area contributed by atoms with E-state index in [9.17, 15) is 0 Å². The summed E-state index contributed by atoms with van der Waals surface area (Å²) in [5, 5.41) is 0. The van der Waals surface area contributed by atoms with Gasteiger partial charge in [0.15, 0.2) is 0 Å². The number of anilines is 1. The van der Waals surface area contributed by atoms with Gasteiger partial charge in [0.2, 0.25) is 0 Å². The Bertz CT molecular complexity index is 346. The van der Waals surface area contributed by atoms with Gasteiger partial charge in [0.25, 0.3) is 0 Å². The topological polar surface area (TPSA) is 44.5 Å². The van der Waals surface area contributed by atoms with Gasteiger partial charge in [0.05, 0.1) is 6.61 Å². The molecule has 0 bridgehead atoms. The average Bonchev–Trinajstić information content (AvgIpc) is 2.32. The molecule has 0 aliphatic carbocycles.